The highest BCUT2D eigenvalue weighted by atomic mass is 32.1. The van der Waals surface area contributed by atoms with E-state index in [9.17, 15) is 4.79 Å². The van der Waals surface area contributed by atoms with E-state index in [0.717, 1.165) is 47.0 Å². The van der Waals surface area contributed by atoms with Crippen molar-refractivity contribution >= 4 is 32.6 Å². The topological polar surface area (TPSA) is 67.3 Å². The number of anilines is 1. The first kappa shape index (κ1) is 17.7. The molecule has 0 radical (unpaired) electrons. The molecular weight excluding hydrogens is 360 g/mol. The molecule has 0 bridgehead atoms. The van der Waals surface area contributed by atoms with Crippen molar-refractivity contribution in [2.75, 3.05) is 25.1 Å². The minimum absolute atomic E-state index is 0.0724. The van der Waals surface area contributed by atoms with Gasteiger partial charge in [-0.25, -0.2) is 4.98 Å². The maximum Gasteiger partial charge on any atom is 0.253 e. The second kappa shape index (κ2) is 7.52. The molecular formula is C20H22N4O2S. The number of piperidine rings is 1. The van der Waals surface area contributed by atoms with Gasteiger partial charge in [0.25, 0.3) is 5.91 Å². The number of hydrogen-bond acceptors (Lipinski definition) is 6. The zero-order valence-electron chi connectivity index (χ0n) is 15.4. The molecule has 1 amide bonds. The number of nitrogens with zero attached hydrogens (tertiary/aromatic N) is 3. The van der Waals surface area contributed by atoms with Crippen molar-refractivity contribution in [1.82, 2.24) is 15.3 Å². The van der Waals surface area contributed by atoms with Crippen molar-refractivity contribution in [2.45, 2.75) is 25.8 Å². The third-order valence-corrected chi connectivity index (χ3v) is 6.11. The molecule has 140 valence electrons. The monoisotopic (exact) mass is 382 g/mol. The van der Waals surface area contributed by atoms with E-state index in [1.165, 1.54) is 5.56 Å². The number of amides is 1. The zero-order valence-corrected chi connectivity index (χ0v) is 16.3. The second-order valence-corrected chi connectivity index (χ2v) is 7.74. The summed E-state index contributed by atoms with van der Waals surface area (Å²) in [4.78, 5) is 23.5. The molecule has 1 aromatic carbocycles. The predicted octanol–water partition coefficient (Wildman–Crippen LogP) is 3.41. The number of fused-ring (bicyclic) bond motifs is 1. The van der Waals surface area contributed by atoms with Crippen molar-refractivity contribution in [1.29, 1.82) is 0 Å². The van der Waals surface area contributed by atoms with E-state index in [2.05, 4.69) is 28.2 Å². The van der Waals surface area contributed by atoms with E-state index in [0.29, 0.717) is 5.56 Å². The average molecular weight is 382 g/mol. The fraction of sp³-hybridized carbons (Fsp3) is 0.350. The first-order valence-electron chi connectivity index (χ1n) is 9.05. The summed E-state index contributed by atoms with van der Waals surface area (Å²) < 4.78 is 6.63. The summed E-state index contributed by atoms with van der Waals surface area (Å²) in [7, 11) is 1.67. The molecule has 4 rings (SSSR count). The third kappa shape index (κ3) is 3.60. The first-order chi connectivity index (χ1) is 13.2. The fourth-order valence-corrected chi connectivity index (χ4v) is 4.52. The van der Waals surface area contributed by atoms with E-state index in [1.54, 1.807) is 43.0 Å². The number of carbonyl (C=O) groups excluding carboxylic acids is 1. The molecule has 7 heteroatoms. The molecule has 0 saturated carbocycles. The van der Waals surface area contributed by atoms with Crippen LogP contribution >= 0.6 is 11.3 Å². The molecule has 0 spiro atoms. The van der Waals surface area contributed by atoms with Crippen LogP contribution in [-0.2, 0) is 0 Å². The van der Waals surface area contributed by atoms with Crippen LogP contribution in [0.15, 0.2) is 36.7 Å². The van der Waals surface area contributed by atoms with Crippen LogP contribution in [0, 0.1) is 6.92 Å². The number of ether oxygens (including phenoxy) is 1. The summed E-state index contributed by atoms with van der Waals surface area (Å²) in [5, 5.41) is 4.12. The molecule has 1 saturated heterocycles. The van der Waals surface area contributed by atoms with Crippen molar-refractivity contribution in [3.63, 3.8) is 0 Å². The molecule has 1 N–H and O–H groups in total. The van der Waals surface area contributed by atoms with Crippen LogP contribution in [-0.4, -0.2) is 42.1 Å². The molecule has 3 heterocycles. The van der Waals surface area contributed by atoms with Crippen LogP contribution in [0.3, 0.4) is 0 Å². The van der Waals surface area contributed by atoms with Gasteiger partial charge in [-0.1, -0.05) is 17.4 Å². The second-order valence-electron chi connectivity index (χ2n) is 6.76. The number of methoxy groups -OCH3 is 1. The number of aryl methyl sites for hydroxylation is 1. The standard InChI is InChI=1S/C20H22N4O2S/c1-13-7-8-16(26-2)17-18(13)27-20(23-17)24-10-4-6-15(12-24)22-19(25)14-5-3-9-21-11-14/h3,5,7-9,11,15H,4,6,10,12H2,1-2H3,(H,22,25). The van der Waals surface area contributed by atoms with Gasteiger partial charge >= 0.3 is 0 Å². The van der Waals surface area contributed by atoms with E-state index in [1.807, 2.05) is 6.07 Å². The minimum Gasteiger partial charge on any atom is -0.494 e. The molecule has 2 aromatic heterocycles. The van der Waals surface area contributed by atoms with Crippen molar-refractivity contribution in [3.05, 3.63) is 47.8 Å². The Morgan fingerprint density at radius 1 is 1.37 bits per heavy atom. The van der Waals surface area contributed by atoms with Gasteiger partial charge in [0.05, 0.1) is 17.4 Å². The summed E-state index contributed by atoms with van der Waals surface area (Å²) in [5.74, 6) is 0.730. The highest BCUT2D eigenvalue weighted by Gasteiger charge is 2.25. The van der Waals surface area contributed by atoms with E-state index in [-0.39, 0.29) is 11.9 Å². The van der Waals surface area contributed by atoms with Gasteiger partial charge in [-0.05, 0) is 43.5 Å². The number of pyridine rings is 1. The number of benzene rings is 1. The summed E-state index contributed by atoms with van der Waals surface area (Å²) in [5.41, 5.74) is 2.71. The number of rotatable bonds is 4. The minimum atomic E-state index is -0.0724. The molecule has 1 aliphatic rings. The first-order valence-corrected chi connectivity index (χ1v) is 9.87. The zero-order chi connectivity index (χ0) is 18.8. The van der Waals surface area contributed by atoms with Gasteiger partial charge in [0.2, 0.25) is 0 Å². The average Bonchev–Trinajstić information content (AvgIpc) is 3.16. The van der Waals surface area contributed by atoms with Crippen molar-refractivity contribution in [3.8, 4) is 5.75 Å². The van der Waals surface area contributed by atoms with Gasteiger partial charge in [0.15, 0.2) is 5.13 Å². The van der Waals surface area contributed by atoms with Crippen LogP contribution in [0.2, 0.25) is 0 Å². The molecule has 0 aliphatic carbocycles. The summed E-state index contributed by atoms with van der Waals surface area (Å²) in [6.45, 7) is 3.80. The van der Waals surface area contributed by atoms with Crippen molar-refractivity contribution in [2.24, 2.45) is 0 Å². The van der Waals surface area contributed by atoms with Crippen LogP contribution in [0.5, 0.6) is 5.75 Å². The summed E-state index contributed by atoms with van der Waals surface area (Å²) in [6, 6.07) is 7.69. The van der Waals surface area contributed by atoms with Gasteiger partial charge in [-0.3, -0.25) is 9.78 Å². The number of hydrogen-bond donors (Lipinski definition) is 1. The van der Waals surface area contributed by atoms with Gasteiger partial charge in [0.1, 0.15) is 11.3 Å². The highest BCUT2D eigenvalue weighted by Crippen LogP contribution is 2.37. The van der Waals surface area contributed by atoms with Crippen LogP contribution < -0.4 is 15.0 Å². The lowest BCUT2D eigenvalue weighted by Gasteiger charge is -2.32. The lowest BCUT2D eigenvalue weighted by molar-refractivity contribution is 0.0933. The van der Waals surface area contributed by atoms with Crippen LogP contribution in [0.4, 0.5) is 5.13 Å². The quantitative estimate of drug-likeness (QED) is 0.749. The van der Waals surface area contributed by atoms with Crippen LogP contribution in [0.25, 0.3) is 10.2 Å². The Balaban J connectivity index is 1.52. The largest absolute Gasteiger partial charge is 0.494 e. The Kier molecular flexibility index (Phi) is 4.94. The van der Waals surface area contributed by atoms with E-state index < -0.39 is 0 Å². The number of aromatic nitrogens is 2. The Labute approximate surface area is 162 Å². The van der Waals surface area contributed by atoms with E-state index >= 15 is 0 Å². The maximum absolute atomic E-state index is 12.4. The lowest BCUT2D eigenvalue weighted by Crippen LogP contribution is -2.47. The summed E-state index contributed by atoms with van der Waals surface area (Å²) >= 11 is 1.69. The van der Waals surface area contributed by atoms with Gasteiger partial charge < -0.3 is 15.0 Å². The smallest absolute Gasteiger partial charge is 0.253 e. The normalized spacial score (nSPS) is 17.1. The number of carbonyl (C=O) groups is 1. The molecule has 1 aliphatic heterocycles. The Hall–Kier alpha value is -2.67. The Morgan fingerprint density at radius 2 is 2.26 bits per heavy atom. The maximum atomic E-state index is 12.4. The summed E-state index contributed by atoms with van der Waals surface area (Å²) in [6.07, 6.45) is 5.25. The Morgan fingerprint density at radius 3 is 3.04 bits per heavy atom. The van der Waals surface area contributed by atoms with Crippen LogP contribution in [0.1, 0.15) is 28.8 Å². The van der Waals surface area contributed by atoms with E-state index in [4.69, 9.17) is 9.72 Å². The number of nitrogens with one attached hydrogen (secondary N) is 1. The molecule has 6 nitrogen and oxygen atoms in total. The molecule has 1 atom stereocenters. The fourth-order valence-electron chi connectivity index (χ4n) is 3.43. The lowest BCUT2D eigenvalue weighted by atomic mass is 10.1. The van der Waals surface area contributed by atoms with Gasteiger partial charge in [-0.15, -0.1) is 0 Å². The molecule has 1 fully saturated rings. The molecule has 1 unspecified atom stereocenters. The molecule has 27 heavy (non-hydrogen) atoms. The highest BCUT2D eigenvalue weighted by molar-refractivity contribution is 7.22. The number of thiazole rings is 1. The predicted molar refractivity (Wildman–Crippen MR) is 108 cm³/mol. The SMILES string of the molecule is COc1ccc(C)c2sc(N3CCCC(NC(=O)c4cccnc4)C3)nc12. The molecule has 3 aromatic rings. The van der Waals surface area contributed by atoms with Gasteiger partial charge in [0, 0.05) is 31.5 Å². The van der Waals surface area contributed by atoms with Crippen molar-refractivity contribution < 1.29 is 9.53 Å². The van der Waals surface area contributed by atoms with Gasteiger partial charge in [-0.2, -0.15) is 0 Å². The third-order valence-electron chi connectivity index (χ3n) is 4.86. The Bertz CT molecular complexity index is 957.